The Bertz CT molecular complexity index is 421. The third kappa shape index (κ3) is 9.00. The summed E-state index contributed by atoms with van der Waals surface area (Å²) in [7, 11) is 0. The molecule has 0 saturated carbocycles. The molecular formula is C17H18S2. The third-order valence-electron chi connectivity index (χ3n) is 2.07. The van der Waals surface area contributed by atoms with Crippen molar-refractivity contribution >= 4 is 22.7 Å². The monoisotopic (exact) mass is 286 g/mol. The van der Waals surface area contributed by atoms with E-state index in [4.69, 9.17) is 0 Å². The molecular weight excluding hydrogens is 268 g/mol. The van der Waals surface area contributed by atoms with Crippen molar-refractivity contribution in [3.63, 3.8) is 0 Å². The van der Waals surface area contributed by atoms with Crippen molar-refractivity contribution < 1.29 is 0 Å². The molecule has 1 aromatic carbocycles. The highest BCUT2D eigenvalue weighted by atomic mass is 32.1. The zero-order chi connectivity index (χ0) is 13.6. The Morgan fingerprint density at radius 1 is 0.737 bits per heavy atom. The maximum absolute atomic E-state index is 3.66. The molecule has 19 heavy (non-hydrogen) atoms. The van der Waals surface area contributed by atoms with Crippen LogP contribution < -0.4 is 0 Å². The van der Waals surface area contributed by atoms with Crippen LogP contribution in [0.15, 0.2) is 88.8 Å². The number of hydrogen-bond donors (Lipinski definition) is 0. The second-order valence-electron chi connectivity index (χ2n) is 3.56. The molecule has 0 nitrogen and oxygen atoms in total. The minimum atomic E-state index is 0.973. The molecule has 0 amide bonds. The molecule has 2 heterocycles. The van der Waals surface area contributed by atoms with E-state index >= 15 is 0 Å². The Balaban J connectivity index is 0.000000153. The number of benzene rings is 1. The molecule has 3 aromatic rings. The second-order valence-corrected chi connectivity index (χ2v) is 5.20. The number of rotatable bonds is 2. The molecule has 0 bridgehead atoms. The maximum atomic E-state index is 3.66. The summed E-state index contributed by atoms with van der Waals surface area (Å²) in [5.41, 5.74) is 1.33. The Morgan fingerprint density at radius 2 is 1.21 bits per heavy atom. The molecule has 0 aliphatic heterocycles. The fourth-order valence-electron chi connectivity index (χ4n) is 1.23. The minimum absolute atomic E-state index is 0.973. The summed E-state index contributed by atoms with van der Waals surface area (Å²) in [5.74, 6) is 0. The van der Waals surface area contributed by atoms with Gasteiger partial charge in [-0.25, -0.2) is 0 Å². The van der Waals surface area contributed by atoms with Crippen LogP contribution in [0.5, 0.6) is 0 Å². The Morgan fingerprint density at radius 3 is 1.53 bits per heavy atom. The summed E-state index contributed by atoms with van der Waals surface area (Å²) in [6, 6.07) is 18.4. The van der Waals surface area contributed by atoms with Gasteiger partial charge in [-0.1, -0.05) is 60.7 Å². The highest BCUT2D eigenvalue weighted by Gasteiger charge is 1.82. The highest BCUT2D eigenvalue weighted by Crippen LogP contribution is 1.98. The van der Waals surface area contributed by atoms with Crippen molar-refractivity contribution in [3.8, 4) is 0 Å². The van der Waals surface area contributed by atoms with Crippen molar-refractivity contribution in [3.05, 3.63) is 94.3 Å². The van der Waals surface area contributed by atoms with Gasteiger partial charge in [0.25, 0.3) is 0 Å². The van der Waals surface area contributed by atoms with Gasteiger partial charge >= 0.3 is 0 Å². The molecule has 0 saturated heterocycles. The van der Waals surface area contributed by atoms with Crippen LogP contribution in [-0.4, -0.2) is 0 Å². The van der Waals surface area contributed by atoms with Crippen molar-refractivity contribution in [1.82, 2.24) is 0 Å². The van der Waals surface area contributed by atoms with E-state index in [0.717, 1.165) is 6.42 Å². The first kappa shape index (κ1) is 15.4. The average Bonchev–Trinajstić information content (AvgIpc) is 3.19. The van der Waals surface area contributed by atoms with Gasteiger partial charge in [0.2, 0.25) is 0 Å². The molecule has 0 spiro atoms. The lowest BCUT2D eigenvalue weighted by molar-refractivity contribution is 1.28. The fraction of sp³-hybridized carbons (Fsp3) is 0.0588. The topological polar surface area (TPSA) is 0 Å². The first-order valence-corrected chi connectivity index (χ1v) is 7.91. The third-order valence-corrected chi connectivity index (χ3v) is 3.33. The lowest BCUT2D eigenvalue weighted by atomic mass is 10.2. The molecule has 3 rings (SSSR count). The predicted octanol–water partition coefficient (Wildman–Crippen LogP) is 5.91. The van der Waals surface area contributed by atoms with Gasteiger partial charge in [0.1, 0.15) is 0 Å². The lowest BCUT2D eigenvalue weighted by Crippen LogP contribution is -1.75. The molecule has 98 valence electrons. The van der Waals surface area contributed by atoms with Crippen molar-refractivity contribution in [2.75, 3.05) is 0 Å². The summed E-state index contributed by atoms with van der Waals surface area (Å²) in [6.07, 6.45) is 2.89. The molecule has 0 N–H and O–H groups in total. The Kier molecular flexibility index (Phi) is 9.29. The number of allylic oxidation sites excluding steroid dienone is 1. The van der Waals surface area contributed by atoms with E-state index in [2.05, 4.69) is 18.7 Å². The van der Waals surface area contributed by atoms with Crippen LogP contribution in [-0.2, 0) is 6.42 Å². The summed E-state index contributed by atoms with van der Waals surface area (Å²) >= 11 is 3.43. The number of thiophene rings is 2. The molecule has 0 fully saturated rings. The first-order valence-electron chi connectivity index (χ1n) is 6.02. The Hall–Kier alpha value is -1.64. The minimum Gasteiger partial charge on any atom is -0.152 e. The van der Waals surface area contributed by atoms with E-state index in [1.807, 2.05) is 70.1 Å². The van der Waals surface area contributed by atoms with E-state index in [1.165, 1.54) is 5.56 Å². The summed E-state index contributed by atoms with van der Waals surface area (Å²) in [4.78, 5) is 0. The van der Waals surface area contributed by atoms with Gasteiger partial charge < -0.3 is 0 Å². The quantitative estimate of drug-likeness (QED) is 0.514. The fourth-order valence-corrected chi connectivity index (χ4v) is 2.14. The maximum Gasteiger partial charge on any atom is -0.00934 e. The Labute approximate surface area is 123 Å². The van der Waals surface area contributed by atoms with Crippen LogP contribution in [0.3, 0.4) is 0 Å². The molecule has 2 aromatic heterocycles. The van der Waals surface area contributed by atoms with E-state index < -0.39 is 0 Å². The number of hydrogen-bond acceptors (Lipinski definition) is 2. The van der Waals surface area contributed by atoms with E-state index in [9.17, 15) is 0 Å². The zero-order valence-corrected chi connectivity index (χ0v) is 12.4. The molecule has 0 radical (unpaired) electrons. The molecule has 0 aliphatic carbocycles. The smallest absolute Gasteiger partial charge is 0.00934 e. The second kappa shape index (κ2) is 11.5. The molecule has 0 aliphatic rings. The molecule has 2 heteroatoms. The first-order chi connectivity index (χ1) is 9.43. The van der Waals surface area contributed by atoms with E-state index in [0.29, 0.717) is 0 Å². The van der Waals surface area contributed by atoms with Gasteiger partial charge in [-0.05, 0) is 33.5 Å². The normalized spacial score (nSPS) is 8.42. The highest BCUT2D eigenvalue weighted by molar-refractivity contribution is 7.08. The van der Waals surface area contributed by atoms with Gasteiger partial charge in [-0.15, -0.1) is 6.58 Å². The average molecular weight is 286 g/mol. The largest absolute Gasteiger partial charge is 0.152 e. The van der Waals surface area contributed by atoms with Crippen LogP contribution in [0.2, 0.25) is 0 Å². The van der Waals surface area contributed by atoms with Gasteiger partial charge in [0.15, 0.2) is 0 Å². The molecule has 0 unspecified atom stereocenters. The lowest BCUT2D eigenvalue weighted by Gasteiger charge is -1.91. The van der Waals surface area contributed by atoms with Crippen LogP contribution >= 0.6 is 22.7 Å². The predicted molar refractivity (Wildman–Crippen MR) is 89.0 cm³/mol. The van der Waals surface area contributed by atoms with Gasteiger partial charge in [0, 0.05) is 0 Å². The van der Waals surface area contributed by atoms with Crippen LogP contribution in [0.1, 0.15) is 5.56 Å². The van der Waals surface area contributed by atoms with Crippen LogP contribution in [0, 0.1) is 0 Å². The van der Waals surface area contributed by atoms with Crippen molar-refractivity contribution in [1.29, 1.82) is 0 Å². The standard InChI is InChI=1S/C9H10.2C4H4S/c1-2-6-9-7-4-3-5-8-9;2*1-2-4-5-3-1/h2-5,7-8H,1,6H2;2*1-4H. The van der Waals surface area contributed by atoms with Gasteiger partial charge in [0.05, 0.1) is 0 Å². The summed E-state index contributed by atoms with van der Waals surface area (Å²) in [5, 5.41) is 8.17. The van der Waals surface area contributed by atoms with E-state index in [1.54, 1.807) is 22.7 Å². The van der Waals surface area contributed by atoms with Gasteiger partial charge in [-0.3, -0.25) is 0 Å². The SMILES string of the molecule is C=CCc1ccccc1.c1ccsc1.c1ccsc1. The van der Waals surface area contributed by atoms with Crippen molar-refractivity contribution in [2.24, 2.45) is 0 Å². The van der Waals surface area contributed by atoms with Crippen molar-refractivity contribution in [2.45, 2.75) is 6.42 Å². The molecule has 0 atom stereocenters. The van der Waals surface area contributed by atoms with Crippen LogP contribution in [0.25, 0.3) is 0 Å². The van der Waals surface area contributed by atoms with Crippen LogP contribution in [0.4, 0.5) is 0 Å². The van der Waals surface area contributed by atoms with Gasteiger partial charge in [-0.2, -0.15) is 22.7 Å². The summed E-state index contributed by atoms with van der Waals surface area (Å²) in [6.45, 7) is 3.66. The zero-order valence-electron chi connectivity index (χ0n) is 10.8. The van der Waals surface area contributed by atoms with E-state index in [-0.39, 0.29) is 0 Å². The summed E-state index contributed by atoms with van der Waals surface area (Å²) < 4.78 is 0.